The molecule has 0 fully saturated rings. The average molecular weight is 365 g/mol. The number of rotatable bonds is 5. The first-order valence-corrected chi connectivity index (χ1v) is 7.42. The zero-order valence-electron chi connectivity index (χ0n) is 13.4. The first-order valence-electron chi connectivity index (χ1n) is 7.42. The highest BCUT2D eigenvalue weighted by atomic mass is 19.3. The molecular weight excluding hydrogens is 352 g/mol. The molecule has 3 rings (SSSR count). The number of hydrogen-bond acceptors (Lipinski definition) is 6. The van der Waals surface area contributed by atoms with E-state index in [1.807, 2.05) is 0 Å². The second kappa shape index (κ2) is 6.47. The fourth-order valence-electron chi connectivity index (χ4n) is 2.33. The van der Waals surface area contributed by atoms with E-state index in [1.165, 1.54) is 30.3 Å². The Morgan fingerprint density at radius 1 is 1.19 bits per heavy atom. The maximum Gasteiger partial charge on any atom is 0.586 e. The van der Waals surface area contributed by atoms with Gasteiger partial charge in [-0.2, -0.15) is 0 Å². The molecule has 26 heavy (non-hydrogen) atoms. The van der Waals surface area contributed by atoms with Crippen LogP contribution in [0.25, 0.3) is 0 Å². The second-order valence-electron chi connectivity index (χ2n) is 5.51. The van der Waals surface area contributed by atoms with E-state index in [-0.39, 0.29) is 29.4 Å². The first kappa shape index (κ1) is 17.4. The largest absolute Gasteiger partial charge is 0.586 e. The number of ether oxygens (including phenoxy) is 2. The summed E-state index contributed by atoms with van der Waals surface area (Å²) in [6, 6.07) is 8.40. The van der Waals surface area contributed by atoms with Crippen LogP contribution in [0.2, 0.25) is 0 Å². The maximum absolute atomic E-state index is 13.0. The lowest BCUT2D eigenvalue weighted by molar-refractivity contribution is -0.384. The van der Waals surface area contributed by atoms with Gasteiger partial charge in [-0.1, -0.05) is 6.07 Å². The molecule has 0 radical (unpaired) electrons. The standard InChI is InChI=1S/C16H13F2N3O5/c1-9-2-4-11(12(6-9)21(23)24)20-15(22)8-19-10-3-5-13-14(7-10)26-16(17,18)25-13/h2-7,19H,8H2,1H3,(H,20,22). The molecule has 0 spiro atoms. The van der Waals surface area contributed by atoms with Crippen molar-refractivity contribution in [3.8, 4) is 11.5 Å². The highest BCUT2D eigenvalue weighted by molar-refractivity contribution is 5.95. The van der Waals surface area contributed by atoms with Crippen molar-refractivity contribution in [3.05, 3.63) is 52.1 Å². The molecule has 1 heterocycles. The molecule has 0 saturated heterocycles. The number of nitrogens with one attached hydrogen (secondary N) is 2. The third kappa shape index (κ3) is 3.79. The van der Waals surface area contributed by atoms with E-state index in [0.29, 0.717) is 11.3 Å². The SMILES string of the molecule is Cc1ccc(NC(=O)CNc2ccc3c(c2)OC(F)(F)O3)c([N+](=O)[O-])c1. The third-order valence-corrected chi connectivity index (χ3v) is 3.48. The number of aryl methyl sites for hydroxylation is 1. The number of nitro benzene ring substituents is 1. The van der Waals surface area contributed by atoms with Crippen LogP contribution in [-0.2, 0) is 4.79 Å². The van der Waals surface area contributed by atoms with Gasteiger partial charge in [-0.25, -0.2) is 0 Å². The summed E-state index contributed by atoms with van der Waals surface area (Å²) in [4.78, 5) is 22.5. The Bertz CT molecular complexity index is 888. The van der Waals surface area contributed by atoms with Crippen LogP contribution in [0.1, 0.15) is 5.56 Å². The first-order chi connectivity index (χ1) is 12.2. The molecule has 0 atom stereocenters. The molecule has 0 saturated carbocycles. The van der Waals surface area contributed by atoms with E-state index < -0.39 is 17.1 Å². The van der Waals surface area contributed by atoms with E-state index in [4.69, 9.17) is 0 Å². The van der Waals surface area contributed by atoms with Gasteiger partial charge >= 0.3 is 6.29 Å². The number of fused-ring (bicyclic) bond motifs is 1. The van der Waals surface area contributed by atoms with Crippen LogP contribution in [-0.4, -0.2) is 23.7 Å². The van der Waals surface area contributed by atoms with E-state index in [1.54, 1.807) is 13.0 Å². The van der Waals surface area contributed by atoms with Crippen LogP contribution in [0.5, 0.6) is 11.5 Å². The average Bonchev–Trinajstić information content (AvgIpc) is 2.87. The number of carbonyl (C=O) groups excluding carboxylic acids is 1. The highest BCUT2D eigenvalue weighted by Gasteiger charge is 2.43. The zero-order chi connectivity index (χ0) is 18.9. The van der Waals surface area contributed by atoms with Crippen molar-refractivity contribution in [2.75, 3.05) is 17.2 Å². The van der Waals surface area contributed by atoms with Gasteiger partial charge in [0.1, 0.15) is 5.69 Å². The molecule has 0 aliphatic carbocycles. The molecule has 10 heteroatoms. The summed E-state index contributed by atoms with van der Waals surface area (Å²) in [6.45, 7) is 1.46. The van der Waals surface area contributed by atoms with Gasteiger partial charge in [0.05, 0.1) is 11.5 Å². The van der Waals surface area contributed by atoms with E-state index in [9.17, 15) is 23.7 Å². The Kier molecular flexibility index (Phi) is 4.33. The smallest absolute Gasteiger partial charge is 0.395 e. The van der Waals surface area contributed by atoms with Gasteiger partial charge in [-0.05, 0) is 30.7 Å². The van der Waals surface area contributed by atoms with Gasteiger partial charge in [0, 0.05) is 17.8 Å². The van der Waals surface area contributed by atoms with Crippen LogP contribution in [0.15, 0.2) is 36.4 Å². The predicted octanol–water partition coefficient (Wildman–Crippen LogP) is 3.28. The van der Waals surface area contributed by atoms with Crippen molar-refractivity contribution < 1.29 is 28.0 Å². The fourth-order valence-corrected chi connectivity index (χ4v) is 2.33. The number of alkyl halides is 2. The number of carbonyl (C=O) groups is 1. The second-order valence-corrected chi connectivity index (χ2v) is 5.51. The number of anilines is 2. The number of nitrogens with zero attached hydrogens (tertiary/aromatic N) is 1. The fraction of sp³-hybridized carbons (Fsp3) is 0.188. The minimum Gasteiger partial charge on any atom is -0.395 e. The van der Waals surface area contributed by atoms with Crippen molar-refractivity contribution in [2.24, 2.45) is 0 Å². The van der Waals surface area contributed by atoms with Gasteiger partial charge in [-0.15, -0.1) is 8.78 Å². The quantitative estimate of drug-likeness (QED) is 0.623. The third-order valence-electron chi connectivity index (χ3n) is 3.48. The van der Waals surface area contributed by atoms with Crippen LogP contribution in [0.3, 0.4) is 0 Å². The van der Waals surface area contributed by atoms with E-state index in [0.717, 1.165) is 0 Å². The molecule has 2 N–H and O–H groups in total. The summed E-state index contributed by atoms with van der Waals surface area (Å²) in [7, 11) is 0. The molecule has 2 aromatic rings. The summed E-state index contributed by atoms with van der Waals surface area (Å²) >= 11 is 0. The molecule has 1 aliphatic heterocycles. The lowest BCUT2D eigenvalue weighted by atomic mass is 10.2. The molecule has 136 valence electrons. The van der Waals surface area contributed by atoms with Gasteiger partial charge in [0.2, 0.25) is 5.91 Å². The van der Waals surface area contributed by atoms with E-state index in [2.05, 4.69) is 20.1 Å². The Balaban J connectivity index is 1.63. The highest BCUT2D eigenvalue weighted by Crippen LogP contribution is 2.42. The van der Waals surface area contributed by atoms with Crippen LogP contribution < -0.4 is 20.1 Å². The van der Waals surface area contributed by atoms with Crippen LogP contribution in [0, 0.1) is 17.0 Å². The Labute approximate surface area is 145 Å². The van der Waals surface area contributed by atoms with Crippen molar-refractivity contribution in [1.82, 2.24) is 0 Å². The van der Waals surface area contributed by atoms with Crippen LogP contribution in [0.4, 0.5) is 25.8 Å². The molecule has 0 unspecified atom stereocenters. The number of hydrogen-bond donors (Lipinski definition) is 2. The molecule has 1 aliphatic rings. The lowest BCUT2D eigenvalue weighted by Gasteiger charge is -2.09. The summed E-state index contributed by atoms with van der Waals surface area (Å²) in [6.07, 6.45) is -3.72. The molecule has 8 nitrogen and oxygen atoms in total. The number of halogens is 2. The van der Waals surface area contributed by atoms with Crippen molar-refractivity contribution in [2.45, 2.75) is 13.2 Å². The molecule has 1 amide bonds. The molecule has 0 bridgehead atoms. The number of amides is 1. The zero-order valence-corrected chi connectivity index (χ0v) is 13.4. The monoisotopic (exact) mass is 365 g/mol. The summed E-state index contributed by atoms with van der Waals surface area (Å²) < 4.78 is 34.5. The Hall–Kier alpha value is -3.43. The normalized spacial score (nSPS) is 14.0. The summed E-state index contributed by atoms with van der Waals surface area (Å²) in [5.74, 6) is -0.810. The number of nitro groups is 1. The van der Waals surface area contributed by atoms with Gasteiger partial charge in [0.15, 0.2) is 11.5 Å². The lowest BCUT2D eigenvalue weighted by Crippen LogP contribution is -2.25. The van der Waals surface area contributed by atoms with Crippen molar-refractivity contribution in [3.63, 3.8) is 0 Å². The minimum absolute atomic E-state index is 0.0673. The summed E-state index contributed by atoms with van der Waals surface area (Å²) in [5, 5.41) is 16.2. The Morgan fingerprint density at radius 3 is 2.65 bits per heavy atom. The molecule has 0 aromatic heterocycles. The Morgan fingerprint density at radius 2 is 1.92 bits per heavy atom. The van der Waals surface area contributed by atoms with Crippen LogP contribution >= 0.6 is 0 Å². The van der Waals surface area contributed by atoms with Gasteiger partial charge in [0.25, 0.3) is 5.69 Å². The maximum atomic E-state index is 13.0. The predicted molar refractivity (Wildman–Crippen MR) is 87.6 cm³/mol. The van der Waals surface area contributed by atoms with Crippen molar-refractivity contribution in [1.29, 1.82) is 0 Å². The van der Waals surface area contributed by atoms with E-state index >= 15 is 0 Å². The van der Waals surface area contributed by atoms with Crippen molar-refractivity contribution >= 4 is 23.0 Å². The summed E-state index contributed by atoms with van der Waals surface area (Å²) in [5.41, 5.74) is 0.880. The molecule has 2 aromatic carbocycles. The van der Waals surface area contributed by atoms with Gasteiger partial charge < -0.3 is 20.1 Å². The number of benzene rings is 2. The molecular formula is C16H13F2N3O5. The van der Waals surface area contributed by atoms with Gasteiger partial charge in [-0.3, -0.25) is 14.9 Å². The topological polar surface area (TPSA) is 103 Å². The minimum atomic E-state index is -3.72.